The van der Waals surface area contributed by atoms with Gasteiger partial charge in [-0.15, -0.1) is 0 Å². The lowest BCUT2D eigenvalue weighted by atomic mass is 10.0. The van der Waals surface area contributed by atoms with Crippen LogP contribution in [0, 0.1) is 6.92 Å². The van der Waals surface area contributed by atoms with Crippen LogP contribution in [0.15, 0.2) is 78.2 Å². The molecule has 10 heteroatoms. The number of hydrogen-bond acceptors (Lipinski definition) is 8. The van der Waals surface area contributed by atoms with Crippen LogP contribution in [0.25, 0.3) is 10.7 Å². The number of anilines is 1. The number of aryl methyl sites for hydroxylation is 1. The van der Waals surface area contributed by atoms with Crippen molar-refractivity contribution in [3.8, 4) is 15.8 Å². The lowest BCUT2D eigenvalue weighted by Crippen LogP contribution is -2.43. The smallest absolute Gasteiger partial charge is 0.397 e. The fourth-order valence-corrected chi connectivity index (χ4v) is 4.28. The SMILES string of the molecule is Cc1nc(-c2cnccn2)sc1OC(=O)N[C@H]1N=C(c2ccccc2)c2ccccc2NC1=O. The van der Waals surface area contributed by atoms with Crippen molar-refractivity contribution in [3.63, 3.8) is 0 Å². The van der Waals surface area contributed by atoms with Crippen LogP contribution in [0.5, 0.6) is 5.06 Å². The number of rotatable bonds is 4. The average Bonchev–Trinajstić information content (AvgIpc) is 3.16. The van der Waals surface area contributed by atoms with Gasteiger partial charge in [-0.2, -0.15) is 0 Å². The lowest BCUT2D eigenvalue weighted by molar-refractivity contribution is -0.117. The van der Waals surface area contributed by atoms with Crippen LogP contribution < -0.4 is 15.4 Å². The van der Waals surface area contributed by atoms with E-state index in [9.17, 15) is 9.59 Å². The Morgan fingerprint density at radius 3 is 2.68 bits per heavy atom. The fourth-order valence-electron chi connectivity index (χ4n) is 3.40. The second-order valence-corrected chi connectivity index (χ2v) is 8.26. The van der Waals surface area contributed by atoms with Crippen LogP contribution in [0.3, 0.4) is 0 Å². The lowest BCUT2D eigenvalue weighted by Gasteiger charge is -2.13. The topological polar surface area (TPSA) is 118 Å². The van der Waals surface area contributed by atoms with E-state index in [1.807, 2.05) is 48.5 Å². The summed E-state index contributed by atoms with van der Waals surface area (Å²) in [5.41, 5.74) is 3.86. The maximum atomic E-state index is 12.9. The van der Waals surface area contributed by atoms with Crippen molar-refractivity contribution in [2.45, 2.75) is 13.1 Å². The number of carbonyl (C=O) groups excluding carboxylic acids is 2. The van der Waals surface area contributed by atoms with Crippen LogP contribution in [0.2, 0.25) is 0 Å². The van der Waals surface area contributed by atoms with Gasteiger partial charge in [-0.3, -0.25) is 20.1 Å². The third-order valence-corrected chi connectivity index (χ3v) is 6.03. The minimum absolute atomic E-state index is 0.294. The molecule has 1 aliphatic rings. The number of thiazole rings is 1. The molecule has 2 amide bonds. The van der Waals surface area contributed by atoms with Gasteiger partial charge >= 0.3 is 6.09 Å². The summed E-state index contributed by atoms with van der Waals surface area (Å²) in [4.78, 5) is 42.8. The van der Waals surface area contributed by atoms with Crippen LogP contribution >= 0.6 is 11.3 Å². The molecule has 5 rings (SSSR count). The third kappa shape index (κ3) is 4.39. The fraction of sp³-hybridized carbons (Fsp3) is 0.0833. The molecule has 2 aromatic heterocycles. The summed E-state index contributed by atoms with van der Waals surface area (Å²) in [7, 11) is 0. The van der Waals surface area contributed by atoms with Crippen molar-refractivity contribution in [1.29, 1.82) is 0 Å². The van der Waals surface area contributed by atoms with E-state index in [-0.39, 0.29) is 0 Å². The molecule has 2 aromatic carbocycles. The number of hydrogen-bond donors (Lipinski definition) is 2. The zero-order valence-corrected chi connectivity index (χ0v) is 18.7. The quantitative estimate of drug-likeness (QED) is 0.468. The number of amides is 2. The van der Waals surface area contributed by atoms with Gasteiger partial charge < -0.3 is 10.1 Å². The number of aromatic nitrogens is 3. The van der Waals surface area contributed by atoms with E-state index in [0.29, 0.717) is 32.9 Å². The third-order valence-electron chi connectivity index (χ3n) is 4.97. The highest BCUT2D eigenvalue weighted by molar-refractivity contribution is 7.17. The number of fused-ring (bicyclic) bond motifs is 1. The summed E-state index contributed by atoms with van der Waals surface area (Å²) in [6.45, 7) is 1.72. The van der Waals surface area contributed by atoms with E-state index in [1.54, 1.807) is 31.6 Å². The minimum atomic E-state index is -1.19. The Morgan fingerprint density at radius 2 is 1.88 bits per heavy atom. The van der Waals surface area contributed by atoms with E-state index in [0.717, 1.165) is 22.5 Å². The first-order valence-corrected chi connectivity index (χ1v) is 11.2. The molecular weight excluding hydrogens is 452 g/mol. The molecule has 0 saturated carbocycles. The summed E-state index contributed by atoms with van der Waals surface area (Å²) >= 11 is 1.16. The number of nitrogens with zero attached hydrogens (tertiary/aromatic N) is 4. The molecule has 0 aliphatic carbocycles. The largest absolute Gasteiger partial charge is 0.415 e. The van der Waals surface area contributed by atoms with E-state index >= 15 is 0 Å². The highest BCUT2D eigenvalue weighted by Gasteiger charge is 2.28. The van der Waals surface area contributed by atoms with Crippen molar-refractivity contribution < 1.29 is 14.3 Å². The first kappa shape index (κ1) is 21.4. The van der Waals surface area contributed by atoms with Crippen LogP contribution in [0.1, 0.15) is 16.8 Å². The Kier molecular flexibility index (Phi) is 5.79. The first-order valence-electron chi connectivity index (χ1n) is 10.3. The molecule has 0 radical (unpaired) electrons. The maximum absolute atomic E-state index is 12.9. The molecule has 3 heterocycles. The summed E-state index contributed by atoms with van der Waals surface area (Å²) < 4.78 is 5.47. The van der Waals surface area contributed by atoms with Gasteiger partial charge in [0.15, 0.2) is 0 Å². The van der Waals surface area contributed by atoms with E-state index in [4.69, 9.17) is 4.74 Å². The number of nitrogens with one attached hydrogen (secondary N) is 2. The molecule has 0 saturated heterocycles. The number of para-hydroxylation sites is 1. The Labute approximate surface area is 198 Å². The van der Waals surface area contributed by atoms with Gasteiger partial charge in [0.25, 0.3) is 5.91 Å². The van der Waals surface area contributed by atoms with Gasteiger partial charge in [-0.05, 0) is 13.0 Å². The number of carbonyl (C=O) groups is 2. The highest BCUT2D eigenvalue weighted by atomic mass is 32.1. The molecule has 2 N–H and O–H groups in total. The highest BCUT2D eigenvalue weighted by Crippen LogP contribution is 2.32. The van der Waals surface area contributed by atoms with Crippen LogP contribution in [-0.4, -0.2) is 38.8 Å². The maximum Gasteiger partial charge on any atom is 0.415 e. The van der Waals surface area contributed by atoms with Crippen LogP contribution in [0.4, 0.5) is 10.5 Å². The molecular formula is C24H18N6O3S. The number of benzene rings is 2. The van der Waals surface area contributed by atoms with Gasteiger partial charge in [0.05, 0.1) is 23.3 Å². The van der Waals surface area contributed by atoms with Gasteiger partial charge in [-0.25, -0.2) is 14.8 Å². The summed E-state index contributed by atoms with van der Waals surface area (Å²) in [5.74, 6) is -0.475. The predicted octanol–water partition coefficient (Wildman–Crippen LogP) is 3.81. The van der Waals surface area contributed by atoms with Gasteiger partial charge in [0.1, 0.15) is 10.7 Å². The molecule has 0 spiro atoms. The molecule has 9 nitrogen and oxygen atoms in total. The van der Waals surface area contributed by atoms with Gasteiger partial charge in [-0.1, -0.05) is 59.9 Å². The predicted molar refractivity (Wildman–Crippen MR) is 128 cm³/mol. The zero-order valence-electron chi connectivity index (χ0n) is 17.9. The normalized spacial score (nSPS) is 14.9. The van der Waals surface area contributed by atoms with Crippen molar-refractivity contribution >= 4 is 34.7 Å². The molecule has 0 fully saturated rings. The van der Waals surface area contributed by atoms with Crippen molar-refractivity contribution in [1.82, 2.24) is 20.3 Å². The van der Waals surface area contributed by atoms with E-state index in [2.05, 4.69) is 30.6 Å². The molecule has 0 bridgehead atoms. The summed E-state index contributed by atoms with van der Waals surface area (Å²) in [6.07, 6.45) is 2.69. The standard InChI is InChI=1S/C24H18N6O3S/c1-14-23(34-22(27-14)18-13-25-11-12-26-18)33-24(32)30-20-21(31)28-17-10-6-5-9-16(17)19(29-20)15-7-3-2-4-8-15/h2-13,20H,1H3,(H,28,31)(H,30,32)/t20-/m1/s1. The number of ether oxygens (including phenoxy) is 1. The second kappa shape index (κ2) is 9.20. The zero-order chi connectivity index (χ0) is 23.5. The molecule has 4 aromatic rings. The van der Waals surface area contributed by atoms with Crippen molar-refractivity contribution in [3.05, 3.63) is 90.0 Å². The van der Waals surface area contributed by atoms with Crippen molar-refractivity contribution in [2.75, 3.05) is 5.32 Å². The van der Waals surface area contributed by atoms with E-state index in [1.165, 1.54) is 0 Å². The molecule has 168 valence electrons. The van der Waals surface area contributed by atoms with Crippen LogP contribution in [-0.2, 0) is 4.79 Å². The minimum Gasteiger partial charge on any atom is -0.397 e. The van der Waals surface area contributed by atoms with Crippen molar-refractivity contribution in [2.24, 2.45) is 4.99 Å². The summed E-state index contributed by atoms with van der Waals surface area (Å²) in [5, 5.41) is 6.25. The molecule has 1 atom stereocenters. The molecule has 34 heavy (non-hydrogen) atoms. The second-order valence-electron chi connectivity index (χ2n) is 7.30. The van der Waals surface area contributed by atoms with Gasteiger partial charge in [0, 0.05) is 23.5 Å². The monoisotopic (exact) mass is 470 g/mol. The Bertz CT molecular complexity index is 1390. The number of benzodiazepines with no additional fused rings is 1. The Balaban J connectivity index is 1.40. The first-order chi connectivity index (χ1) is 16.6. The summed E-state index contributed by atoms with van der Waals surface area (Å²) in [6, 6.07) is 16.8. The number of aliphatic imine (C=N–C) groups is 1. The molecule has 1 aliphatic heterocycles. The molecule has 0 unspecified atom stereocenters. The Morgan fingerprint density at radius 1 is 1.09 bits per heavy atom. The van der Waals surface area contributed by atoms with E-state index < -0.39 is 18.2 Å². The Hall–Kier alpha value is -4.44. The van der Waals surface area contributed by atoms with Gasteiger partial charge in [0.2, 0.25) is 11.2 Å². The average molecular weight is 471 g/mol.